The fourth-order valence-electron chi connectivity index (χ4n) is 5.78. The molecule has 2 unspecified atom stereocenters. The summed E-state index contributed by atoms with van der Waals surface area (Å²) in [5.41, 5.74) is 3.94. The first-order valence-corrected chi connectivity index (χ1v) is 13.7. The van der Waals surface area contributed by atoms with E-state index in [9.17, 15) is 9.59 Å². The van der Waals surface area contributed by atoms with Crippen molar-refractivity contribution in [2.24, 2.45) is 13.0 Å². The van der Waals surface area contributed by atoms with E-state index in [0.717, 1.165) is 49.2 Å². The summed E-state index contributed by atoms with van der Waals surface area (Å²) in [4.78, 5) is 24.8. The van der Waals surface area contributed by atoms with Gasteiger partial charge in [-0.15, -0.1) is 5.10 Å². The standard InChI is InChI=1S/C29H38N6O4/c1-29(2,3)39-28(37)30-15-18-8-6-9-19(12-18)20-10-7-11-21(13-20)35-26(24(16-31-35)27(36)38-5)23-14-22(23)25-17-34(4)33-32-25/h7,10-11,13,16-19,22-23H,6,8-9,12,14-15H2,1-5H3,(H,30,37)/t18-,19+,22?,23?/m0/s1. The Labute approximate surface area is 229 Å². The molecule has 2 aromatic heterocycles. The minimum absolute atomic E-state index is 0.111. The Morgan fingerprint density at radius 2 is 1.97 bits per heavy atom. The molecule has 0 spiro atoms. The van der Waals surface area contributed by atoms with Gasteiger partial charge in [0, 0.05) is 31.6 Å². The van der Waals surface area contributed by atoms with Gasteiger partial charge in [-0.05, 0) is 76.0 Å². The maximum absolute atomic E-state index is 12.6. The Kier molecular flexibility index (Phi) is 7.46. The van der Waals surface area contributed by atoms with Crippen LogP contribution in [0.25, 0.3) is 5.69 Å². The fourth-order valence-corrected chi connectivity index (χ4v) is 5.78. The molecular formula is C29H38N6O4. The number of aromatic nitrogens is 5. The maximum atomic E-state index is 12.6. The largest absolute Gasteiger partial charge is 0.465 e. The molecule has 1 aromatic carbocycles. The number of esters is 1. The van der Waals surface area contributed by atoms with E-state index in [1.165, 1.54) is 12.7 Å². The molecule has 2 heterocycles. The number of methoxy groups -OCH3 is 1. The summed E-state index contributed by atoms with van der Waals surface area (Å²) in [7, 11) is 3.25. The molecule has 0 bridgehead atoms. The number of nitrogens with zero attached hydrogens (tertiary/aromatic N) is 5. The molecule has 2 fully saturated rings. The van der Waals surface area contributed by atoms with Gasteiger partial charge in [0.1, 0.15) is 11.2 Å². The maximum Gasteiger partial charge on any atom is 0.407 e. The van der Waals surface area contributed by atoms with E-state index < -0.39 is 5.60 Å². The highest BCUT2D eigenvalue weighted by Crippen LogP contribution is 2.55. The van der Waals surface area contributed by atoms with E-state index in [4.69, 9.17) is 9.47 Å². The number of nitrogens with one attached hydrogen (secondary N) is 1. The normalized spacial score (nSPS) is 22.8. The average molecular weight is 535 g/mol. The van der Waals surface area contributed by atoms with Crippen molar-refractivity contribution in [1.29, 1.82) is 0 Å². The Morgan fingerprint density at radius 1 is 1.15 bits per heavy atom. The number of amides is 1. The van der Waals surface area contributed by atoms with Gasteiger partial charge in [0.15, 0.2) is 0 Å². The highest BCUT2D eigenvalue weighted by atomic mass is 16.6. The SMILES string of the molecule is COC(=O)c1cnn(-c2cccc([C@@H]3CCC[C@H](CNC(=O)OC(C)(C)C)C3)c2)c1C1CC1c1cn(C)nn1. The van der Waals surface area contributed by atoms with E-state index in [-0.39, 0.29) is 23.9 Å². The molecule has 5 rings (SSSR count). The van der Waals surface area contributed by atoms with Crippen LogP contribution < -0.4 is 5.32 Å². The van der Waals surface area contributed by atoms with Crippen molar-refractivity contribution in [2.45, 2.75) is 76.2 Å². The van der Waals surface area contributed by atoms with Crippen LogP contribution in [0.2, 0.25) is 0 Å². The summed E-state index contributed by atoms with van der Waals surface area (Å²) < 4.78 is 14.1. The molecule has 10 nitrogen and oxygen atoms in total. The van der Waals surface area contributed by atoms with Gasteiger partial charge >= 0.3 is 12.1 Å². The van der Waals surface area contributed by atoms with Gasteiger partial charge in [0.25, 0.3) is 0 Å². The van der Waals surface area contributed by atoms with Crippen LogP contribution in [0.5, 0.6) is 0 Å². The van der Waals surface area contributed by atoms with Crippen molar-refractivity contribution in [3.05, 3.63) is 59.2 Å². The zero-order valence-corrected chi connectivity index (χ0v) is 23.4. The second-order valence-corrected chi connectivity index (χ2v) is 11.8. The van der Waals surface area contributed by atoms with Crippen LogP contribution in [0, 0.1) is 5.92 Å². The number of hydrogen-bond donors (Lipinski definition) is 1. The van der Waals surface area contributed by atoms with Crippen molar-refractivity contribution in [3.8, 4) is 5.69 Å². The second kappa shape index (κ2) is 10.8. The number of ether oxygens (including phenoxy) is 2. The van der Waals surface area contributed by atoms with Crippen molar-refractivity contribution in [3.63, 3.8) is 0 Å². The highest BCUT2D eigenvalue weighted by molar-refractivity contribution is 5.91. The first kappa shape index (κ1) is 26.9. The van der Waals surface area contributed by atoms with Crippen LogP contribution in [-0.2, 0) is 16.5 Å². The molecule has 0 radical (unpaired) electrons. The molecule has 0 aliphatic heterocycles. The molecule has 0 saturated heterocycles. The first-order chi connectivity index (χ1) is 18.6. The molecule has 1 amide bonds. The lowest BCUT2D eigenvalue weighted by Gasteiger charge is -2.30. The Balaban J connectivity index is 1.34. The number of rotatable bonds is 7. The van der Waals surface area contributed by atoms with Gasteiger partial charge in [-0.25, -0.2) is 14.3 Å². The second-order valence-electron chi connectivity index (χ2n) is 11.8. The predicted octanol–water partition coefficient (Wildman–Crippen LogP) is 4.86. The highest BCUT2D eigenvalue weighted by Gasteiger charge is 2.46. The van der Waals surface area contributed by atoms with E-state index >= 15 is 0 Å². The number of carbonyl (C=O) groups is 2. The molecule has 2 saturated carbocycles. The lowest BCUT2D eigenvalue weighted by atomic mass is 9.78. The molecule has 2 aliphatic carbocycles. The zero-order chi connectivity index (χ0) is 27.7. The van der Waals surface area contributed by atoms with Gasteiger partial charge in [-0.1, -0.05) is 23.8 Å². The van der Waals surface area contributed by atoms with Crippen LogP contribution >= 0.6 is 0 Å². The Bertz CT molecular complexity index is 1340. The topological polar surface area (TPSA) is 113 Å². The zero-order valence-electron chi connectivity index (χ0n) is 23.4. The van der Waals surface area contributed by atoms with E-state index in [1.807, 2.05) is 44.8 Å². The number of alkyl carbamates (subject to hydrolysis) is 1. The number of benzene rings is 1. The van der Waals surface area contributed by atoms with E-state index in [2.05, 4.69) is 38.9 Å². The Morgan fingerprint density at radius 3 is 2.69 bits per heavy atom. The monoisotopic (exact) mass is 534 g/mol. The molecule has 1 N–H and O–H groups in total. The predicted molar refractivity (Wildman–Crippen MR) is 145 cm³/mol. The molecule has 3 aromatic rings. The van der Waals surface area contributed by atoms with E-state index in [1.54, 1.807) is 10.9 Å². The Hall–Kier alpha value is -3.69. The van der Waals surface area contributed by atoms with Crippen LogP contribution in [0.1, 0.15) is 97.9 Å². The summed E-state index contributed by atoms with van der Waals surface area (Å²) in [6.45, 7) is 6.22. The lowest BCUT2D eigenvalue weighted by molar-refractivity contribution is 0.0513. The summed E-state index contributed by atoms with van der Waals surface area (Å²) >= 11 is 0. The summed E-state index contributed by atoms with van der Waals surface area (Å²) in [6, 6.07) is 8.45. The van der Waals surface area contributed by atoms with Gasteiger partial charge in [0.05, 0.1) is 30.4 Å². The third kappa shape index (κ3) is 6.15. The quantitative estimate of drug-likeness (QED) is 0.431. The molecule has 10 heteroatoms. The average Bonchev–Trinajstić information content (AvgIpc) is 3.36. The third-order valence-electron chi connectivity index (χ3n) is 7.66. The first-order valence-electron chi connectivity index (χ1n) is 13.7. The fraction of sp³-hybridized carbons (Fsp3) is 0.552. The van der Waals surface area contributed by atoms with Crippen LogP contribution in [0.15, 0.2) is 36.7 Å². The molecule has 2 aliphatic rings. The summed E-state index contributed by atoms with van der Waals surface area (Å²) in [6.07, 6.45) is 8.35. The van der Waals surface area contributed by atoms with Gasteiger partial charge in [-0.3, -0.25) is 4.68 Å². The minimum atomic E-state index is -0.506. The van der Waals surface area contributed by atoms with Crippen LogP contribution in [-0.4, -0.2) is 56.1 Å². The molecular weight excluding hydrogens is 496 g/mol. The number of carbonyl (C=O) groups excluding carboxylic acids is 2. The molecule has 208 valence electrons. The third-order valence-corrected chi connectivity index (χ3v) is 7.66. The van der Waals surface area contributed by atoms with Gasteiger partial charge in [0.2, 0.25) is 0 Å². The molecule has 4 atom stereocenters. The molecule has 39 heavy (non-hydrogen) atoms. The van der Waals surface area contributed by atoms with Crippen molar-refractivity contribution < 1.29 is 19.1 Å². The summed E-state index contributed by atoms with van der Waals surface area (Å²) in [5, 5.41) is 16.0. The summed E-state index contributed by atoms with van der Waals surface area (Å²) in [5.74, 6) is 0.698. The van der Waals surface area contributed by atoms with Crippen molar-refractivity contribution in [1.82, 2.24) is 30.1 Å². The van der Waals surface area contributed by atoms with Crippen LogP contribution in [0.4, 0.5) is 4.79 Å². The van der Waals surface area contributed by atoms with Gasteiger partial charge < -0.3 is 14.8 Å². The van der Waals surface area contributed by atoms with Crippen molar-refractivity contribution >= 4 is 12.1 Å². The van der Waals surface area contributed by atoms with Crippen molar-refractivity contribution in [2.75, 3.05) is 13.7 Å². The van der Waals surface area contributed by atoms with Crippen LogP contribution in [0.3, 0.4) is 0 Å². The minimum Gasteiger partial charge on any atom is -0.465 e. The number of aryl methyl sites for hydroxylation is 1. The lowest BCUT2D eigenvalue weighted by Crippen LogP contribution is -2.36. The van der Waals surface area contributed by atoms with E-state index in [0.29, 0.717) is 23.9 Å². The van der Waals surface area contributed by atoms with Gasteiger partial charge in [-0.2, -0.15) is 5.10 Å². The number of hydrogen-bond acceptors (Lipinski definition) is 7. The smallest absolute Gasteiger partial charge is 0.407 e.